The molecule has 16 heavy (non-hydrogen) atoms. The van der Waals surface area contributed by atoms with Crippen LogP contribution in [-0.4, -0.2) is 35.2 Å². The molecule has 2 fully saturated rings. The van der Waals surface area contributed by atoms with Crippen molar-refractivity contribution < 1.29 is 5.11 Å². The third-order valence-electron chi connectivity index (χ3n) is 3.89. The Labute approximate surface area is 96.9 Å². The van der Waals surface area contributed by atoms with Crippen LogP contribution in [-0.2, 0) is 6.42 Å². The monoisotopic (exact) mass is 217 g/mol. The fourth-order valence-corrected chi connectivity index (χ4v) is 2.70. The molecule has 0 aromatic heterocycles. The molecule has 1 aliphatic heterocycles. The first-order valence-corrected chi connectivity index (χ1v) is 6.25. The van der Waals surface area contributed by atoms with E-state index in [1.54, 1.807) is 0 Å². The van der Waals surface area contributed by atoms with Gasteiger partial charge in [-0.3, -0.25) is 4.90 Å². The minimum atomic E-state index is -0.323. The van der Waals surface area contributed by atoms with Gasteiger partial charge < -0.3 is 5.11 Å². The lowest BCUT2D eigenvalue weighted by atomic mass is 9.88. The van der Waals surface area contributed by atoms with E-state index in [1.165, 1.54) is 18.4 Å². The molecule has 0 amide bonds. The maximum absolute atomic E-state index is 10.2. The topological polar surface area (TPSA) is 23.5 Å². The van der Waals surface area contributed by atoms with Gasteiger partial charge in [-0.1, -0.05) is 30.3 Å². The maximum Gasteiger partial charge on any atom is 0.0928 e. The van der Waals surface area contributed by atoms with Crippen molar-refractivity contribution in [2.75, 3.05) is 19.6 Å². The summed E-state index contributed by atoms with van der Waals surface area (Å²) in [5.41, 5.74) is 1.07. The van der Waals surface area contributed by atoms with Crippen molar-refractivity contribution in [2.45, 2.75) is 24.9 Å². The van der Waals surface area contributed by atoms with Crippen LogP contribution in [0.1, 0.15) is 18.4 Å². The largest absolute Gasteiger partial charge is 0.387 e. The fourth-order valence-electron chi connectivity index (χ4n) is 2.70. The number of benzene rings is 1. The minimum Gasteiger partial charge on any atom is -0.387 e. The van der Waals surface area contributed by atoms with E-state index < -0.39 is 0 Å². The lowest BCUT2D eigenvalue weighted by Crippen LogP contribution is -2.63. The molecule has 0 bridgehead atoms. The van der Waals surface area contributed by atoms with Gasteiger partial charge in [-0.05, 0) is 30.7 Å². The predicted molar refractivity (Wildman–Crippen MR) is 64.3 cm³/mol. The standard InChI is InChI=1S/C14H19NO/c16-14(13-6-7-13)10-15(11-14)9-8-12-4-2-1-3-5-12/h1-5,13,16H,6-11H2. The Hall–Kier alpha value is -0.860. The Kier molecular flexibility index (Phi) is 2.49. The molecule has 1 heterocycles. The van der Waals surface area contributed by atoms with Gasteiger partial charge in [0.15, 0.2) is 0 Å². The molecule has 2 aliphatic rings. The van der Waals surface area contributed by atoms with Gasteiger partial charge in [-0.2, -0.15) is 0 Å². The first kappa shape index (κ1) is 10.3. The van der Waals surface area contributed by atoms with E-state index in [0.29, 0.717) is 5.92 Å². The van der Waals surface area contributed by atoms with Crippen molar-refractivity contribution >= 4 is 0 Å². The van der Waals surface area contributed by atoms with E-state index >= 15 is 0 Å². The van der Waals surface area contributed by atoms with Crippen molar-refractivity contribution in [3.05, 3.63) is 35.9 Å². The van der Waals surface area contributed by atoms with Crippen molar-refractivity contribution in [2.24, 2.45) is 5.92 Å². The van der Waals surface area contributed by atoms with Gasteiger partial charge in [0.1, 0.15) is 0 Å². The van der Waals surface area contributed by atoms with E-state index in [0.717, 1.165) is 26.1 Å². The SMILES string of the molecule is OC1(C2CC2)CN(CCc2ccccc2)C1. The molecule has 2 nitrogen and oxygen atoms in total. The summed E-state index contributed by atoms with van der Waals surface area (Å²) in [5.74, 6) is 0.612. The van der Waals surface area contributed by atoms with Crippen LogP contribution in [0.4, 0.5) is 0 Å². The molecule has 1 aliphatic carbocycles. The van der Waals surface area contributed by atoms with E-state index in [1.807, 2.05) is 0 Å². The van der Waals surface area contributed by atoms with Crippen molar-refractivity contribution in [1.29, 1.82) is 0 Å². The fraction of sp³-hybridized carbons (Fsp3) is 0.571. The molecule has 2 heteroatoms. The molecule has 1 saturated heterocycles. The predicted octanol–water partition coefficient (Wildman–Crippen LogP) is 1.69. The molecular formula is C14H19NO. The third-order valence-corrected chi connectivity index (χ3v) is 3.89. The first-order chi connectivity index (χ1) is 7.76. The zero-order valence-electron chi connectivity index (χ0n) is 9.60. The van der Waals surface area contributed by atoms with Gasteiger partial charge in [0, 0.05) is 19.6 Å². The van der Waals surface area contributed by atoms with E-state index in [-0.39, 0.29) is 5.60 Å². The van der Waals surface area contributed by atoms with E-state index in [4.69, 9.17) is 0 Å². The molecule has 1 N–H and O–H groups in total. The molecule has 3 rings (SSSR count). The lowest BCUT2D eigenvalue weighted by Gasteiger charge is -2.47. The normalized spacial score (nSPS) is 24.1. The van der Waals surface area contributed by atoms with Crippen LogP contribution in [0.25, 0.3) is 0 Å². The Morgan fingerprint density at radius 1 is 1.19 bits per heavy atom. The summed E-state index contributed by atoms with van der Waals surface area (Å²) in [4.78, 5) is 2.37. The summed E-state index contributed by atoms with van der Waals surface area (Å²) in [6, 6.07) is 10.6. The van der Waals surface area contributed by atoms with Crippen LogP contribution in [0, 0.1) is 5.92 Å². The second-order valence-electron chi connectivity index (χ2n) is 5.32. The molecule has 0 atom stereocenters. The van der Waals surface area contributed by atoms with Gasteiger partial charge >= 0.3 is 0 Å². The van der Waals surface area contributed by atoms with Crippen LogP contribution in [0.5, 0.6) is 0 Å². The summed E-state index contributed by atoms with van der Waals surface area (Å²) in [7, 11) is 0. The van der Waals surface area contributed by atoms with Gasteiger partial charge in [0.25, 0.3) is 0 Å². The van der Waals surface area contributed by atoms with Gasteiger partial charge in [-0.15, -0.1) is 0 Å². The highest BCUT2D eigenvalue weighted by molar-refractivity contribution is 5.15. The molecule has 1 aromatic rings. The van der Waals surface area contributed by atoms with Gasteiger partial charge in [0.05, 0.1) is 5.60 Å². The highest BCUT2D eigenvalue weighted by Gasteiger charge is 2.51. The Bertz CT molecular complexity index is 352. The summed E-state index contributed by atoms with van der Waals surface area (Å²) in [6.45, 7) is 2.87. The Morgan fingerprint density at radius 3 is 2.50 bits per heavy atom. The van der Waals surface area contributed by atoms with Gasteiger partial charge in [-0.25, -0.2) is 0 Å². The summed E-state index contributed by atoms with van der Waals surface area (Å²) < 4.78 is 0. The lowest BCUT2D eigenvalue weighted by molar-refractivity contribution is -0.112. The smallest absolute Gasteiger partial charge is 0.0928 e. The number of nitrogens with zero attached hydrogens (tertiary/aromatic N) is 1. The zero-order valence-corrected chi connectivity index (χ0v) is 9.60. The van der Waals surface area contributed by atoms with Gasteiger partial charge in [0.2, 0.25) is 0 Å². The molecular weight excluding hydrogens is 198 g/mol. The van der Waals surface area contributed by atoms with E-state index in [9.17, 15) is 5.11 Å². The highest BCUT2D eigenvalue weighted by atomic mass is 16.3. The van der Waals surface area contributed by atoms with Crippen LogP contribution < -0.4 is 0 Å². The molecule has 1 aromatic carbocycles. The van der Waals surface area contributed by atoms with Crippen molar-refractivity contribution in [3.63, 3.8) is 0 Å². The number of hydrogen-bond donors (Lipinski definition) is 1. The molecule has 1 saturated carbocycles. The summed E-state index contributed by atoms with van der Waals surface area (Å²) in [6.07, 6.45) is 3.58. The van der Waals surface area contributed by atoms with Crippen LogP contribution in [0.15, 0.2) is 30.3 Å². The molecule has 0 radical (unpaired) electrons. The third kappa shape index (κ3) is 2.00. The number of likely N-dealkylation sites (tertiary alicyclic amines) is 1. The molecule has 0 unspecified atom stereocenters. The number of rotatable bonds is 4. The molecule has 0 spiro atoms. The molecule has 86 valence electrons. The maximum atomic E-state index is 10.2. The Morgan fingerprint density at radius 2 is 1.88 bits per heavy atom. The summed E-state index contributed by atoms with van der Waals surface area (Å²) >= 11 is 0. The van der Waals surface area contributed by atoms with Crippen molar-refractivity contribution in [1.82, 2.24) is 4.90 Å². The van der Waals surface area contributed by atoms with Crippen molar-refractivity contribution in [3.8, 4) is 0 Å². The quantitative estimate of drug-likeness (QED) is 0.829. The summed E-state index contributed by atoms with van der Waals surface area (Å²) in [5, 5.41) is 10.2. The first-order valence-electron chi connectivity index (χ1n) is 6.25. The van der Waals surface area contributed by atoms with Crippen LogP contribution in [0.2, 0.25) is 0 Å². The number of hydrogen-bond acceptors (Lipinski definition) is 2. The second-order valence-corrected chi connectivity index (χ2v) is 5.32. The zero-order chi connectivity index (χ0) is 11.0. The Balaban J connectivity index is 1.45. The average molecular weight is 217 g/mol. The van der Waals surface area contributed by atoms with Crippen LogP contribution >= 0.6 is 0 Å². The van der Waals surface area contributed by atoms with E-state index in [2.05, 4.69) is 35.2 Å². The minimum absolute atomic E-state index is 0.323. The van der Waals surface area contributed by atoms with Crippen LogP contribution in [0.3, 0.4) is 0 Å². The average Bonchev–Trinajstić information content (AvgIpc) is 3.08. The second kappa shape index (κ2) is 3.86. The number of aliphatic hydroxyl groups is 1. The highest BCUT2D eigenvalue weighted by Crippen LogP contribution is 2.44. The number of β-amino-alcohol motifs (C(OH)–C–C–N with tert-alkyl or cyclic N) is 1.